The Bertz CT molecular complexity index is 267. The minimum atomic E-state index is 0.276. The van der Waals surface area contributed by atoms with Gasteiger partial charge in [0.05, 0.1) is 11.2 Å². The van der Waals surface area contributed by atoms with Gasteiger partial charge in [-0.3, -0.25) is 0 Å². The minimum absolute atomic E-state index is 0.276. The van der Waals surface area contributed by atoms with E-state index in [1.165, 1.54) is 6.20 Å². The van der Waals surface area contributed by atoms with Crippen molar-refractivity contribution in [2.75, 3.05) is 11.5 Å². The number of rotatable bonds is 3. The first kappa shape index (κ1) is 9.61. The van der Waals surface area contributed by atoms with Crippen LogP contribution in [0, 0.1) is 0 Å². The van der Waals surface area contributed by atoms with Crippen molar-refractivity contribution < 1.29 is 0 Å². The summed E-state index contributed by atoms with van der Waals surface area (Å²) < 4.78 is 0. The average Bonchev–Trinajstić information content (AvgIpc) is 2.07. The number of aromatic nitrogens is 2. The lowest BCUT2D eigenvalue weighted by molar-refractivity contribution is 1.05. The van der Waals surface area contributed by atoms with Crippen molar-refractivity contribution >= 4 is 29.3 Å². The summed E-state index contributed by atoms with van der Waals surface area (Å²) in [6.45, 7) is 2.10. The molecule has 0 spiro atoms. The second-order valence-electron chi connectivity index (χ2n) is 2.23. The van der Waals surface area contributed by atoms with Gasteiger partial charge < -0.3 is 5.73 Å². The summed E-state index contributed by atoms with van der Waals surface area (Å²) >= 11 is 7.43. The molecule has 1 aromatic rings. The van der Waals surface area contributed by atoms with Crippen LogP contribution >= 0.6 is 23.4 Å². The first-order valence-corrected chi connectivity index (χ1v) is 5.01. The average molecular weight is 204 g/mol. The Morgan fingerprint density at radius 1 is 1.67 bits per heavy atom. The summed E-state index contributed by atoms with van der Waals surface area (Å²) in [5.41, 5.74) is 5.41. The van der Waals surface area contributed by atoms with Gasteiger partial charge in [-0.05, 0) is 12.2 Å². The highest BCUT2D eigenvalue weighted by Crippen LogP contribution is 2.24. The van der Waals surface area contributed by atoms with Gasteiger partial charge in [0.15, 0.2) is 0 Å². The Labute approximate surface area is 80.7 Å². The number of nitrogen functional groups attached to an aromatic ring is 1. The predicted octanol–water partition coefficient (Wildman–Crippen LogP) is 2.21. The number of nitrogens with zero attached hydrogens (tertiary/aromatic N) is 2. The monoisotopic (exact) mass is 203 g/mol. The quantitative estimate of drug-likeness (QED) is 0.605. The van der Waals surface area contributed by atoms with Crippen LogP contribution in [0.15, 0.2) is 11.2 Å². The second-order valence-corrected chi connectivity index (χ2v) is 3.72. The lowest BCUT2D eigenvalue weighted by Gasteiger charge is -2.01. The third kappa shape index (κ3) is 2.53. The molecule has 0 amide bonds. The van der Waals surface area contributed by atoms with Gasteiger partial charge in [0, 0.05) is 0 Å². The van der Waals surface area contributed by atoms with Crippen molar-refractivity contribution in [2.45, 2.75) is 18.4 Å². The van der Waals surface area contributed by atoms with Crippen LogP contribution in [-0.4, -0.2) is 15.7 Å². The maximum Gasteiger partial charge on any atom is 0.221 e. The van der Waals surface area contributed by atoms with Crippen molar-refractivity contribution in [3.8, 4) is 0 Å². The van der Waals surface area contributed by atoms with E-state index in [9.17, 15) is 0 Å². The van der Waals surface area contributed by atoms with E-state index in [1.54, 1.807) is 11.8 Å². The maximum atomic E-state index is 5.83. The Morgan fingerprint density at radius 2 is 2.42 bits per heavy atom. The fourth-order valence-electron chi connectivity index (χ4n) is 0.664. The van der Waals surface area contributed by atoms with Gasteiger partial charge in [0.2, 0.25) is 5.95 Å². The Kier molecular flexibility index (Phi) is 3.62. The molecule has 1 heterocycles. The fraction of sp³-hybridized carbons (Fsp3) is 0.429. The Hall–Kier alpha value is -0.480. The van der Waals surface area contributed by atoms with Gasteiger partial charge in [0.1, 0.15) is 5.03 Å². The number of anilines is 1. The van der Waals surface area contributed by atoms with E-state index in [-0.39, 0.29) is 5.95 Å². The SMILES string of the molecule is CCCSc1nc(N)ncc1Cl. The van der Waals surface area contributed by atoms with Crippen molar-refractivity contribution in [3.63, 3.8) is 0 Å². The molecule has 0 unspecified atom stereocenters. The first-order valence-electron chi connectivity index (χ1n) is 3.65. The van der Waals surface area contributed by atoms with E-state index in [0.29, 0.717) is 5.02 Å². The van der Waals surface area contributed by atoms with Gasteiger partial charge in [-0.15, -0.1) is 11.8 Å². The maximum absolute atomic E-state index is 5.83. The minimum Gasteiger partial charge on any atom is -0.368 e. The number of thioether (sulfide) groups is 1. The van der Waals surface area contributed by atoms with E-state index in [1.807, 2.05) is 0 Å². The third-order valence-corrected chi connectivity index (χ3v) is 2.76. The second kappa shape index (κ2) is 4.52. The van der Waals surface area contributed by atoms with E-state index in [0.717, 1.165) is 17.2 Å². The van der Waals surface area contributed by atoms with E-state index < -0.39 is 0 Å². The topological polar surface area (TPSA) is 51.8 Å². The number of hydrogen-bond donors (Lipinski definition) is 1. The zero-order chi connectivity index (χ0) is 8.97. The van der Waals surface area contributed by atoms with Crippen LogP contribution in [0.3, 0.4) is 0 Å². The molecule has 0 fully saturated rings. The molecule has 0 atom stereocenters. The Morgan fingerprint density at radius 3 is 3.08 bits per heavy atom. The molecule has 0 radical (unpaired) electrons. The summed E-state index contributed by atoms with van der Waals surface area (Å²) in [6.07, 6.45) is 2.62. The van der Waals surface area contributed by atoms with Crippen LogP contribution in [0.25, 0.3) is 0 Å². The van der Waals surface area contributed by atoms with E-state index >= 15 is 0 Å². The fourth-order valence-corrected chi connectivity index (χ4v) is 1.67. The van der Waals surface area contributed by atoms with Crippen LogP contribution in [0.4, 0.5) is 5.95 Å². The lowest BCUT2D eigenvalue weighted by Crippen LogP contribution is -1.95. The third-order valence-electron chi connectivity index (χ3n) is 1.17. The van der Waals surface area contributed by atoms with Crippen molar-refractivity contribution in [1.82, 2.24) is 9.97 Å². The van der Waals surface area contributed by atoms with Crippen LogP contribution in [0.1, 0.15) is 13.3 Å². The molecule has 3 nitrogen and oxygen atoms in total. The standard InChI is InChI=1S/C7H10ClN3S/c1-2-3-12-6-5(8)4-10-7(9)11-6/h4H,2-3H2,1H3,(H2,9,10,11). The summed E-state index contributed by atoms with van der Waals surface area (Å²) in [6, 6.07) is 0. The number of halogens is 1. The van der Waals surface area contributed by atoms with Crippen LogP contribution < -0.4 is 5.73 Å². The first-order chi connectivity index (χ1) is 5.74. The lowest BCUT2D eigenvalue weighted by atomic mass is 10.6. The van der Waals surface area contributed by atoms with E-state index in [4.69, 9.17) is 17.3 Å². The molecule has 5 heteroatoms. The van der Waals surface area contributed by atoms with Crippen LogP contribution in [0.2, 0.25) is 5.02 Å². The zero-order valence-corrected chi connectivity index (χ0v) is 8.32. The van der Waals surface area contributed by atoms with Gasteiger partial charge >= 0.3 is 0 Å². The van der Waals surface area contributed by atoms with Crippen molar-refractivity contribution in [3.05, 3.63) is 11.2 Å². The smallest absolute Gasteiger partial charge is 0.221 e. The van der Waals surface area contributed by atoms with Crippen LogP contribution in [-0.2, 0) is 0 Å². The summed E-state index contributed by atoms with van der Waals surface area (Å²) in [5, 5.41) is 1.34. The van der Waals surface area contributed by atoms with E-state index in [2.05, 4.69) is 16.9 Å². The molecular weight excluding hydrogens is 194 g/mol. The summed E-state index contributed by atoms with van der Waals surface area (Å²) in [7, 11) is 0. The highest BCUT2D eigenvalue weighted by atomic mass is 35.5. The summed E-state index contributed by atoms with van der Waals surface area (Å²) in [4.78, 5) is 7.78. The molecule has 0 bridgehead atoms. The molecule has 0 aromatic carbocycles. The molecular formula is C7H10ClN3S. The molecule has 0 aliphatic rings. The largest absolute Gasteiger partial charge is 0.368 e. The van der Waals surface area contributed by atoms with Gasteiger partial charge in [0.25, 0.3) is 0 Å². The normalized spacial score (nSPS) is 10.2. The molecule has 2 N–H and O–H groups in total. The molecule has 0 aliphatic carbocycles. The molecule has 66 valence electrons. The van der Waals surface area contributed by atoms with Gasteiger partial charge in [-0.25, -0.2) is 9.97 Å². The molecule has 0 aliphatic heterocycles. The molecule has 1 rings (SSSR count). The molecule has 12 heavy (non-hydrogen) atoms. The highest BCUT2D eigenvalue weighted by molar-refractivity contribution is 7.99. The van der Waals surface area contributed by atoms with Crippen molar-refractivity contribution in [1.29, 1.82) is 0 Å². The molecule has 0 saturated carbocycles. The van der Waals surface area contributed by atoms with Gasteiger partial charge in [-0.2, -0.15) is 0 Å². The highest BCUT2D eigenvalue weighted by Gasteiger charge is 2.02. The number of hydrogen-bond acceptors (Lipinski definition) is 4. The van der Waals surface area contributed by atoms with Crippen LogP contribution in [0.5, 0.6) is 0 Å². The molecule has 0 saturated heterocycles. The molecule has 1 aromatic heterocycles. The summed E-state index contributed by atoms with van der Waals surface area (Å²) in [5.74, 6) is 1.27. The number of nitrogens with two attached hydrogens (primary N) is 1. The predicted molar refractivity (Wildman–Crippen MR) is 52.5 cm³/mol. The van der Waals surface area contributed by atoms with Crippen molar-refractivity contribution in [2.24, 2.45) is 0 Å². The Balaban J connectivity index is 2.75. The zero-order valence-electron chi connectivity index (χ0n) is 6.75. The van der Waals surface area contributed by atoms with Gasteiger partial charge in [-0.1, -0.05) is 18.5 Å².